The predicted molar refractivity (Wildman–Crippen MR) is 58.0 cm³/mol. The molecular formula is C10H16N2O5. The number of nitrogens with zero attached hydrogens (tertiary/aromatic N) is 2. The lowest BCUT2D eigenvalue weighted by Crippen LogP contribution is -2.29. The van der Waals surface area contributed by atoms with Crippen LogP contribution in [-0.2, 0) is 14.3 Å². The van der Waals surface area contributed by atoms with E-state index in [0.717, 1.165) is 0 Å². The minimum atomic E-state index is -0.510. The van der Waals surface area contributed by atoms with Gasteiger partial charge in [-0.2, -0.15) is 0 Å². The van der Waals surface area contributed by atoms with Crippen LogP contribution in [0.25, 0.3) is 0 Å². The molecule has 7 nitrogen and oxygen atoms in total. The third-order valence-electron chi connectivity index (χ3n) is 2.05. The summed E-state index contributed by atoms with van der Waals surface area (Å²) < 4.78 is 5.36. The SMILES string of the molecule is O=C=NCCC(CO)OC(CO)CCN=C=O. The molecule has 2 N–H and O–H groups in total. The molecule has 96 valence electrons. The summed E-state index contributed by atoms with van der Waals surface area (Å²) in [6, 6.07) is 0. The highest BCUT2D eigenvalue weighted by molar-refractivity contribution is 5.32. The van der Waals surface area contributed by atoms with E-state index in [-0.39, 0.29) is 26.3 Å². The topological polar surface area (TPSA) is 109 Å². The molecule has 0 aromatic carbocycles. The van der Waals surface area contributed by atoms with Crippen LogP contribution in [0.5, 0.6) is 0 Å². The standard InChI is InChI=1S/C10H16N2O5/c13-5-9(1-3-11-7-15)17-10(6-14)2-4-12-8-16/h9-10,13-14H,1-6H2. The van der Waals surface area contributed by atoms with Crippen molar-refractivity contribution in [3.05, 3.63) is 0 Å². The van der Waals surface area contributed by atoms with E-state index in [0.29, 0.717) is 12.8 Å². The molecule has 0 aliphatic heterocycles. The quantitative estimate of drug-likeness (QED) is 0.385. The molecule has 0 rings (SSSR count). The smallest absolute Gasteiger partial charge is 0.234 e. The normalized spacial score (nSPS) is 13.3. The lowest BCUT2D eigenvalue weighted by atomic mass is 10.2. The van der Waals surface area contributed by atoms with E-state index in [4.69, 9.17) is 14.9 Å². The first-order chi connectivity index (χ1) is 8.28. The first kappa shape index (κ1) is 15.6. The molecule has 0 radical (unpaired) electrons. The molecule has 0 saturated heterocycles. The Balaban J connectivity index is 4.01. The van der Waals surface area contributed by atoms with Gasteiger partial charge in [-0.25, -0.2) is 19.6 Å². The second-order valence-electron chi connectivity index (χ2n) is 3.27. The van der Waals surface area contributed by atoms with E-state index in [9.17, 15) is 9.59 Å². The highest BCUT2D eigenvalue weighted by Gasteiger charge is 2.15. The van der Waals surface area contributed by atoms with Crippen LogP contribution in [0.15, 0.2) is 9.98 Å². The Bertz CT molecular complexity index is 256. The summed E-state index contributed by atoms with van der Waals surface area (Å²) in [6.07, 6.45) is 2.47. The number of aliphatic hydroxyl groups is 2. The molecule has 0 aromatic rings. The van der Waals surface area contributed by atoms with Crippen molar-refractivity contribution in [2.24, 2.45) is 9.98 Å². The molecule has 0 bridgehead atoms. The van der Waals surface area contributed by atoms with Gasteiger partial charge in [0.05, 0.1) is 38.5 Å². The number of hydrogen-bond donors (Lipinski definition) is 2. The number of hydrogen-bond acceptors (Lipinski definition) is 7. The molecule has 2 atom stereocenters. The van der Waals surface area contributed by atoms with E-state index < -0.39 is 12.2 Å². The van der Waals surface area contributed by atoms with Crippen LogP contribution in [0.2, 0.25) is 0 Å². The molecule has 0 aliphatic rings. The van der Waals surface area contributed by atoms with Crippen LogP contribution in [0.3, 0.4) is 0 Å². The van der Waals surface area contributed by atoms with Crippen molar-refractivity contribution in [1.82, 2.24) is 0 Å². The molecule has 0 aromatic heterocycles. The number of isocyanates is 2. The van der Waals surface area contributed by atoms with Crippen LogP contribution in [0.1, 0.15) is 12.8 Å². The fraction of sp³-hybridized carbons (Fsp3) is 0.800. The van der Waals surface area contributed by atoms with E-state index in [1.165, 1.54) is 12.2 Å². The van der Waals surface area contributed by atoms with Crippen molar-refractivity contribution < 1.29 is 24.5 Å². The Hall–Kier alpha value is -1.36. The number of aliphatic imine (C=N–C) groups is 2. The largest absolute Gasteiger partial charge is 0.394 e. The summed E-state index contributed by atoms with van der Waals surface area (Å²) in [5, 5.41) is 18.0. The van der Waals surface area contributed by atoms with Crippen LogP contribution < -0.4 is 0 Å². The molecule has 0 aliphatic carbocycles. The van der Waals surface area contributed by atoms with E-state index >= 15 is 0 Å². The second-order valence-corrected chi connectivity index (χ2v) is 3.27. The van der Waals surface area contributed by atoms with Crippen LogP contribution in [0.4, 0.5) is 0 Å². The summed E-state index contributed by atoms with van der Waals surface area (Å²) in [6.45, 7) is -0.0532. The van der Waals surface area contributed by atoms with Crippen LogP contribution >= 0.6 is 0 Å². The van der Waals surface area contributed by atoms with Crippen molar-refractivity contribution in [2.75, 3.05) is 26.3 Å². The van der Waals surface area contributed by atoms with Gasteiger partial charge < -0.3 is 14.9 Å². The number of carbonyl (C=O) groups excluding carboxylic acids is 2. The highest BCUT2D eigenvalue weighted by atomic mass is 16.5. The van der Waals surface area contributed by atoms with Gasteiger partial charge in [-0.15, -0.1) is 0 Å². The van der Waals surface area contributed by atoms with Gasteiger partial charge in [-0.3, -0.25) is 0 Å². The predicted octanol–water partition coefficient (Wildman–Crippen LogP) is -0.823. The van der Waals surface area contributed by atoms with Crippen molar-refractivity contribution in [3.63, 3.8) is 0 Å². The second kappa shape index (κ2) is 11.1. The molecule has 17 heavy (non-hydrogen) atoms. The van der Waals surface area contributed by atoms with Crippen molar-refractivity contribution in [2.45, 2.75) is 25.0 Å². The maximum atomic E-state index is 9.84. The third kappa shape index (κ3) is 8.45. The molecule has 7 heteroatoms. The van der Waals surface area contributed by atoms with Gasteiger partial charge in [-0.1, -0.05) is 0 Å². The zero-order chi connectivity index (χ0) is 12.9. The fourth-order valence-corrected chi connectivity index (χ4v) is 1.19. The van der Waals surface area contributed by atoms with Gasteiger partial charge in [0.2, 0.25) is 12.2 Å². The minimum absolute atomic E-state index is 0.208. The average Bonchev–Trinajstić information content (AvgIpc) is 2.36. The van der Waals surface area contributed by atoms with E-state index in [1.807, 2.05) is 0 Å². The maximum Gasteiger partial charge on any atom is 0.234 e. The summed E-state index contributed by atoms with van der Waals surface area (Å²) in [4.78, 5) is 26.4. The first-order valence-electron chi connectivity index (χ1n) is 5.22. The Kier molecular flexibility index (Phi) is 10.2. The molecular weight excluding hydrogens is 228 g/mol. The van der Waals surface area contributed by atoms with Gasteiger partial charge in [0, 0.05) is 0 Å². The van der Waals surface area contributed by atoms with Gasteiger partial charge in [-0.05, 0) is 12.8 Å². The Labute approximate surface area is 98.8 Å². The molecule has 0 amide bonds. The van der Waals surface area contributed by atoms with Gasteiger partial charge >= 0.3 is 0 Å². The lowest BCUT2D eigenvalue weighted by molar-refractivity contribution is -0.0638. The van der Waals surface area contributed by atoms with Gasteiger partial charge in [0.1, 0.15) is 0 Å². The monoisotopic (exact) mass is 244 g/mol. The van der Waals surface area contributed by atoms with E-state index in [1.54, 1.807) is 0 Å². The molecule has 0 spiro atoms. The van der Waals surface area contributed by atoms with Crippen molar-refractivity contribution in [3.8, 4) is 0 Å². The highest BCUT2D eigenvalue weighted by Crippen LogP contribution is 2.06. The van der Waals surface area contributed by atoms with Gasteiger partial charge in [0.25, 0.3) is 0 Å². The number of aliphatic hydroxyl groups excluding tert-OH is 2. The number of rotatable bonds is 10. The summed E-state index contributed by atoms with van der Waals surface area (Å²) in [7, 11) is 0. The molecule has 0 heterocycles. The van der Waals surface area contributed by atoms with Crippen molar-refractivity contribution in [1.29, 1.82) is 0 Å². The average molecular weight is 244 g/mol. The summed E-state index contributed by atoms with van der Waals surface area (Å²) >= 11 is 0. The first-order valence-corrected chi connectivity index (χ1v) is 5.22. The summed E-state index contributed by atoms with van der Waals surface area (Å²) in [5.41, 5.74) is 0. The zero-order valence-corrected chi connectivity index (χ0v) is 9.41. The molecule has 0 saturated carbocycles. The van der Waals surface area contributed by atoms with Crippen molar-refractivity contribution >= 4 is 12.2 Å². The Morgan fingerprint density at radius 2 is 1.35 bits per heavy atom. The Morgan fingerprint density at radius 1 is 0.941 bits per heavy atom. The van der Waals surface area contributed by atoms with Crippen LogP contribution in [0, 0.1) is 0 Å². The van der Waals surface area contributed by atoms with Gasteiger partial charge in [0.15, 0.2) is 0 Å². The lowest BCUT2D eigenvalue weighted by Gasteiger charge is -2.21. The fourth-order valence-electron chi connectivity index (χ4n) is 1.19. The maximum absolute atomic E-state index is 9.84. The zero-order valence-electron chi connectivity index (χ0n) is 9.41. The molecule has 0 fully saturated rings. The van der Waals surface area contributed by atoms with Crippen LogP contribution in [-0.4, -0.2) is 60.9 Å². The minimum Gasteiger partial charge on any atom is -0.394 e. The van der Waals surface area contributed by atoms with E-state index in [2.05, 4.69) is 9.98 Å². The Morgan fingerprint density at radius 3 is 1.65 bits per heavy atom. The summed E-state index contributed by atoms with van der Waals surface area (Å²) in [5.74, 6) is 0. The number of ether oxygens (including phenoxy) is 1. The third-order valence-corrected chi connectivity index (χ3v) is 2.05. The molecule has 2 unspecified atom stereocenters.